The van der Waals surface area contributed by atoms with Crippen LogP contribution in [0.2, 0.25) is 0 Å². The van der Waals surface area contributed by atoms with E-state index in [0.717, 1.165) is 39.4 Å². The molecule has 4 aromatic rings. The molecule has 5 rings (SSSR count). The second kappa shape index (κ2) is 5.85. The molecule has 5 nitrogen and oxygen atoms in total. The van der Waals surface area contributed by atoms with Crippen LogP contribution in [0.3, 0.4) is 0 Å². The van der Waals surface area contributed by atoms with Crippen LogP contribution in [-0.2, 0) is 20.0 Å². The third-order valence-corrected chi connectivity index (χ3v) is 6.07. The summed E-state index contributed by atoms with van der Waals surface area (Å²) in [5, 5.41) is 4.71. The van der Waals surface area contributed by atoms with Gasteiger partial charge in [0, 0.05) is 30.9 Å². The lowest BCUT2D eigenvalue weighted by Crippen LogP contribution is -2.35. The first-order chi connectivity index (χ1) is 12.7. The molecule has 0 unspecified atom stereocenters. The first kappa shape index (κ1) is 15.4. The maximum Gasteiger partial charge on any atom is 0.264 e. The second-order valence-electron chi connectivity index (χ2n) is 6.61. The van der Waals surface area contributed by atoms with Gasteiger partial charge in [-0.1, -0.05) is 30.3 Å². The number of hydrogen-bond acceptors (Lipinski definition) is 3. The van der Waals surface area contributed by atoms with Crippen LogP contribution in [0, 0.1) is 0 Å². The zero-order chi connectivity index (χ0) is 17.7. The average Bonchev–Trinajstić information content (AvgIpc) is 3.33. The molecule has 1 aliphatic heterocycles. The van der Waals surface area contributed by atoms with Crippen molar-refractivity contribution in [1.82, 2.24) is 19.7 Å². The largest absolute Gasteiger partial charge is 0.360 e. The van der Waals surface area contributed by atoms with E-state index in [9.17, 15) is 4.79 Å². The van der Waals surface area contributed by atoms with Crippen molar-refractivity contribution in [2.75, 3.05) is 6.54 Å². The van der Waals surface area contributed by atoms with Crippen LogP contribution in [0.15, 0.2) is 48.7 Å². The number of thiophene rings is 1. The highest BCUT2D eigenvalue weighted by Crippen LogP contribution is 2.31. The molecule has 1 N–H and O–H groups in total. The molecule has 0 atom stereocenters. The van der Waals surface area contributed by atoms with Crippen LogP contribution in [0.4, 0.5) is 0 Å². The molecule has 0 fully saturated rings. The van der Waals surface area contributed by atoms with Crippen LogP contribution >= 0.6 is 11.3 Å². The number of rotatable bonds is 2. The van der Waals surface area contributed by atoms with Gasteiger partial charge in [0.25, 0.3) is 5.91 Å². The number of fused-ring (bicyclic) bond motifs is 2. The highest BCUT2D eigenvalue weighted by Gasteiger charge is 2.28. The van der Waals surface area contributed by atoms with Gasteiger partial charge >= 0.3 is 0 Å². The number of carbonyl (C=O) groups excluding carboxylic acids is 1. The third kappa shape index (κ3) is 2.37. The van der Waals surface area contributed by atoms with Crippen molar-refractivity contribution < 1.29 is 4.79 Å². The van der Waals surface area contributed by atoms with Crippen molar-refractivity contribution in [2.45, 2.75) is 13.0 Å². The fraction of sp³-hybridized carbons (Fsp3) is 0.200. The van der Waals surface area contributed by atoms with Crippen molar-refractivity contribution in [1.29, 1.82) is 0 Å². The Morgan fingerprint density at radius 1 is 1.23 bits per heavy atom. The monoisotopic (exact) mass is 362 g/mol. The second-order valence-corrected chi connectivity index (χ2v) is 7.69. The minimum atomic E-state index is 0.0946. The van der Waals surface area contributed by atoms with E-state index in [1.54, 1.807) is 11.3 Å². The van der Waals surface area contributed by atoms with Gasteiger partial charge in [-0.3, -0.25) is 9.48 Å². The van der Waals surface area contributed by atoms with E-state index in [2.05, 4.69) is 17.1 Å². The zero-order valence-corrected chi connectivity index (χ0v) is 15.2. The summed E-state index contributed by atoms with van der Waals surface area (Å²) in [6.07, 6.45) is 2.74. The predicted molar refractivity (Wildman–Crippen MR) is 103 cm³/mol. The van der Waals surface area contributed by atoms with E-state index in [0.29, 0.717) is 6.54 Å². The van der Waals surface area contributed by atoms with E-state index in [1.807, 2.05) is 53.2 Å². The van der Waals surface area contributed by atoms with E-state index >= 15 is 0 Å². The van der Waals surface area contributed by atoms with Crippen LogP contribution in [0.1, 0.15) is 20.9 Å². The number of carbonyl (C=O) groups is 1. The highest BCUT2D eigenvalue weighted by molar-refractivity contribution is 7.20. The summed E-state index contributed by atoms with van der Waals surface area (Å²) in [6, 6.07) is 14.3. The fourth-order valence-corrected chi connectivity index (χ4v) is 4.75. The number of nitrogens with zero attached hydrogens (tertiary/aromatic N) is 3. The summed E-state index contributed by atoms with van der Waals surface area (Å²) < 4.78 is 3.07. The molecule has 0 saturated heterocycles. The molecule has 26 heavy (non-hydrogen) atoms. The molecular weight excluding hydrogens is 344 g/mol. The van der Waals surface area contributed by atoms with Crippen LogP contribution in [-0.4, -0.2) is 32.1 Å². The number of benzene rings is 1. The van der Waals surface area contributed by atoms with Crippen molar-refractivity contribution in [2.24, 2.45) is 7.05 Å². The zero-order valence-electron chi connectivity index (χ0n) is 14.4. The molecule has 4 heterocycles. The van der Waals surface area contributed by atoms with E-state index in [4.69, 9.17) is 5.10 Å². The van der Waals surface area contributed by atoms with Gasteiger partial charge in [-0.05, 0) is 18.6 Å². The topological polar surface area (TPSA) is 53.9 Å². The van der Waals surface area contributed by atoms with Gasteiger partial charge in [-0.2, -0.15) is 5.10 Å². The van der Waals surface area contributed by atoms with Gasteiger partial charge in [-0.15, -0.1) is 11.3 Å². The summed E-state index contributed by atoms with van der Waals surface area (Å²) in [4.78, 5) is 18.8. The van der Waals surface area contributed by atoms with Gasteiger partial charge in [0.2, 0.25) is 0 Å². The summed E-state index contributed by atoms with van der Waals surface area (Å²) in [7, 11) is 1.98. The molecule has 1 aromatic carbocycles. The number of aryl methyl sites for hydroxylation is 1. The number of aromatic nitrogens is 3. The summed E-state index contributed by atoms with van der Waals surface area (Å²) >= 11 is 1.54. The van der Waals surface area contributed by atoms with Gasteiger partial charge in [0.1, 0.15) is 0 Å². The Balaban J connectivity index is 1.45. The Morgan fingerprint density at radius 3 is 2.88 bits per heavy atom. The molecular formula is C20H18N4OS. The Morgan fingerprint density at radius 2 is 2.08 bits per heavy atom. The van der Waals surface area contributed by atoms with Crippen LogP contribution in [0.5, 0.6) is 0 Å². The number of nitrogens with one attached hydrogen (secondary N) is 1. The Kier molecular flexibility index (Phi) is 3.46. The lowest BCUT2D eigenvalue weighted by atomic mass is 10.00. The quantitative estimate of drug-likeness (QED) is 0.589. The fourth-order valence-electron chi connectivity index (χ4n) is 3.76. The van der Waals surface area contributed by atoms with Crippen molar-refractivity contribution in [3.05, 3.63) is 64.8 Å². The molecule has 6 heteroatoms. The minimum absolute atomic E-state index is 0.0946. The smallest absolute Gasteiger partial charge is 0.264 e. The van der Waals surface area contributed by atoms with E-state index < -0.39 is 0 Å². The number of hydrogen-bond donors (Lipinski definition) is 1. The summed E-state index contributed by atoms with van der Waals surface area (Å²) in [5.74, 6) is 0.0946. The van der Waals surface area contributed by atoms with E-state index in [1.165, 1.54) is 11.1 Å². The molecule has 130 valence electrons. The molecule has 0 saturated carbocycles. The summed E-state index contributed by atoms with van der Waals surface area (Å²) in [5.41, 5.74) is 5.64. The molecule has 0 bridgehead atoms. The predicted octanol–water partition coefficient (Wildman–Crippen LogP) is 3.83. The average molecular weight is 362 g/mol. The number of H-pyrrole nitrogens is 1. The Hall–Kier alpha value is -2.86. The molecule has 0 aliphatic carbocycles. The lowest BCUT2D eigenvalue weighted by molar-refractivity contribution is 0.0737. The van der Waals surface area contributed by atoms with Crippen LogP contribution < -0.4 is 0 Å². The van der Waals surface area contributed by atoms with Crippen molar-refractivity contribution >= 4 is 27.5 Å². The maximum atomic E-state index is 12.9. The number of aromatic amines is 1. The van der Waals surface area contributed by atoms with Crippen molar-refractivity contribution in [3.8, 4) is 11.3 Å². The molecule has 1 amide bonds. The maximum absolute atomic E-state index is 12.9. The van der Waals surface area contributed by atoms with Gasteiger partial charge in [0.15, 0.2) is 0 Å². The first-order valence-electron chi connectivity index (χ1n) is 8.67. The highest BCUT2D eigenvalue weighted by atomic mass is 32.1. The minimum Gasteiger partial charge on any atom is -0.360 e. The SMILES string of the molecule is Cn1nc2c(c1-c1ccccc1)CCN(C(=O)c1cc3[nH]ccc3s1)C2. The van der Waals surface area contributed by atoms with E-state index in [-0.39, 0.29) is 5.91 Å². The third-order valence-electron chi connectivity index (χ3n) is 4.98. The Bertz CT molecular complexity index is 1080. The molecule has 0 spiro atoms. The first-order valence-corrected chi connectivity index (χ1v) is 9.49. The normalized spacial score (nSPS) is 14.0. The number of amides is 1. The molecule has 3 aromatic heterocycles. The van der Waals surface area contributed by atoms with Crippen LogP contribution in [0.25, 0.3) is 21.5 Å². The van der Waals surface area contributed by atoms with Gasteiger partial charge in [-0.25, -0.2) is 0 Å². The standard InChI is InChI=1S/C20H18N4OS/c1-23-19(13-5-3-2-4-6-13)14-8-10-24(12-16(14)22-23)20(25)18-11-15-17(26-18)7-9-21-15/h2-7,9,11,21H,8,10,12H2,1H3. The molecule has 1 aliphatic rings. The molecule has 0 radical (unpaired) electrons. The van der Waals surface area contributed by atoms with Gasteiger partial charge < -0.3 is 9.88 Å². The Labute approximate surface area is 154 Å². The van der Waals surface area contributed by atoms with Crippen molar-refractivity contribution in [3.63, 3.8) is 0 Å². The van der Waals surface area contributed by atoms with Gasteiger partial charge in [0.05, 0.1) is 33.0 Å². The lowest BCUT2D eigenvalue weighted by Gasteiger charge is -2.26. The summed E-state index contributed by atoms with van der Waals surface area (Å²) in [6.45, 7) is 1.30.